The number of nitrogens with two attached hydrogens (primary N) is 1. The van der Waals surface area contributed by atoms with E-state index < -0.39 is 60.2 Å². The largest absolute Gasteiger partial charge is 0.490 e. The predicted octanol–water partition coefficient (Wildman–Crippen LogP) is -2.34. The number of H-pyrrole nitrogens is 1. The Morgan fingerprint density at radius 2 is 1.78 bits per heavy atom. The Bertz CT molecular complexity index is 1210. The molecule has 180 valence electrons. The molecule has 2 aromatic rings. The van der Waals surface area contributed by atoms with E-state index in [1.165, 1.54) is 0 Å². The first-order valence-electron chi connectivity index (χ1n) is 8.11. The van der Waals surface area contributed by atoms with Crippen molar-refractivity contribution in [2.24, 2.45) is 0 Å². The molecule has 6 atom stereocenters. The number of hydrogen-bond donors (Lipinski definition) is 8. The number of aliphatic hydroxyl groups is 2. The monoisotopic (exact) mass is 523 g/mol. The van der Waals surface area contributed by atoms with Crippen LogP contribution in [0.4, 0.5) is 5.95 Å². The number of nitrogens with zero attached hydrogens (tertiary/aromatic N) is 3. The SMILES string of the molecule is Nc1nc2c(ncn2[C@@H]2O[C@H](COP(=O)(O)OP(=O)(O)OP(=O)(O)O)[C@@H](O)[C@@H]2O)c(=O)[nH]1. The summed E-state index contributed by atoms with van der Waals surface area (Å²) < 4.78 is 51.6. The van der Waals surface area contributed by atoms with Crippen LogP contribution in [0.1, 0.15) is 6.23 Å². The molecule has 1 aliphatic rings. The van der Waals surface area contributed by atoms with Crippen molar-refractivity contribution in [3.63, 3.8) is 0 Å². The van der Waals surface area contributed by atoms with Gasteiger partial charge in [-0.3, -0.25) is 18.9 Å². The Morgan fingerprint density at radius 1 is 1.12 bits per heavy atom. The van der Waals surface area contributed by atoms with Crippen molar-refractivity contribution in [2.75, 3.05) is 12.3 Å². The molecule has 32 heavy (non-hydrogen) atoms. The quantitative estimate of drug-likeness (QED) is 0.168. The second-order valence-electron chi connectivity index (χ2n) is 6.21. The summed E-state index contributed by atoms with van der Waals surface area (Å²) in [5, 5.41) is 20.4. The van der Waals surface area contributed by atoms with Crippen molar-refractivity contribution in [1.29, 1.82) is 0 Å². The zero-order valence-electron chi connectivity index (χ0n) is 15.3. The van der Waals surface area contributed by atoms with Crippen LogP contribution in [-0.4, -0.2) is 74.2 Å². The number of phosphoric ester groups is 1. The van der Waals surface area contributed by atoms with Crippen LogP contribution in [-0.2, 0) is 31.6 Å². The van der Waals surface area contributed by atoms with E-state index in [4.69, 9.17) is 25.2 Å². The lowest BCUT2D eigenvalue weighted by Gasteiger charge is -2.19. The molecule has 3 rings (SSSR count). The van der Waals surface area contributed by atoms with Crippen LogP contribution in [0.3, 0.4) is 0 Å². The molecule has 22 heteroatoms. The molecule has 0 spiro atoms. The average Bonchev–Trinajstić information content (AvgIpc) is 3.12. The maximum atomic E-state index is 11.9. The number of fused-ring (bicyclic) bond motifs is 1. The average molecular weight is 523 g/mol. The Morgan fingerprint density at radius 3 is 2.41 bits per heavy atom. The third-order valence-corrected chi connectivity index (χ3v) is 7.68. The standard InChI is InChI=1S/C10H16N5O14P3/c11-10-13-7-4(8(18)14-10)12-2-15(7)9-6(17)5(16)3(27-9)1-26-31(22,23)29-32(24,25)28-30(19,20)21/h2-3,5-6,9,16-17H,1H2,(H,22,23)(H,24,25)(H2,19,20,21)(H3,11,13,14,18)/t3-,5-,6+,9-/m1/s1. The molecule has 2 unspecified atom stereocenters. The van der Waals surface area contributed by atoms with Crippen LogP contribution in [0.2, 0.25) is 0 Å². The van der Waals surface area contributed by atoms with Gasteiger partial charge in [0.1, 0.15) is 18.3 Å². The maximum absolute atomic E-state index is 11.9. The minimum absolute atomic E-state index is 0.115. The number of nitrogen functional groups attached to an aromatic ring is 1. The van der Waals surface area contributed by atoms with Gasteiger partial charge in [-0.1, -0.05) is 0 Å². The van der Waals surface area contributed by atoms with E-state index in [1.54, 1.807) is 0 Å². The third-order valence-electron chi connectivity index (χ3n) is 3.88. The van der Waals surface area contributed by atoms with Gasteiger partial charge in [0.2, 0.25) is 5.95 Å². The van der Waals surface area contributed by atoms with Gasteiger partial charge in [-0.15, -0.1) is 0 Å². The minimum atomic E-state index is -5.73. The molecule has 0 bridgehead atoms. The van der Waals surface area contributed by atoms with Crippen molar-refractivity contribution < 1.29 is 61.4 Å². The summed E-state index contributed by atoms with van der Waals surface area (Å²) in [4.78, 5) is 57.3. The fraction of sp³-hybridized carbons (Fsp3) is 0.500. The summed E-state index contributed by atoms with van der Waals surface area (Å²) in [5.41, 5.74) is 4.50. The van der Waals surface area contributed by atoms with E-state index in [0.29, 0.717) is 0 Å². The second-order valence-corrected chi connectivity index (χ2v) is 10.6. The van der Waals surface area contributed by atoms with Crippen LogP contribution >= 0.6 is 23.5 Å². The van der Waals surface area contributed by atoms with Gasteiger partial charge >= 0.3 is 23.5 Å². The van der Waals surface area contributed by atoms with Crippen LogP contribution in [0.5, 0.6) is 0 Å². The van der Waals surface area contributed by atoms with Gasteiger partial charge in [0.25, 0.3) is 5.56 Å². The number of imidazole rings is 1. The van der Waals surface area contributed by atoms with Crippen molar-refractivity contribution in [3.8, 4) is 0 Å². The Kier molecular flexibility index (Phi) is 6.78. The minimum Gasteiger partial charge on any atom is -0.387 e. The lowest BCUT2D eigenvalue weighted by atomic mass is 10.1. The van der Waals surface area contributed by atoms with Crippen LogP contribution in [0, 0.1) is 0 Å². The molecule has 2 aromatic heterocycles. The zero-order chi connectivity index (χ0) is 24.1. The number of rotatable bonds is 8. The highest BCUT2D eigenvalue weighted by Gasteiger charge is 2.47. The van der Waals surface area contributed by atoms with Gasteiger partial charge in [-0.2, -0.15) is 13.6 Å². The fourth-order valence-electron chi connectivity index (χ4n) is 2.70. The molecule has 0 aromatic carbocycles. The number of aromatic nitrogens is 4. The van der Waals surface area contributed by atoms with Crippen LogP contribution in [0.15, 0.2) is 11.1 Å². The number of aliphatic hydroxyl groups excluding tert-OH is 2. The van der Waals surface area contributed by atoms with E-state index in [2.05, 4.69) is 28.1 Å². The molecule has 1 fully saturated rings. The van der Waals surface area contributed by atoms with E-state index in [9.17, 15) is 33.6 Å². The molecule has 9 N–H and O–H groups in total. The Balaban J connectivity index is 1.72. The molecule has 1 aliphatic heterocycles. The van der Waals surface area contributed by atoms with E-state index in [1.807, 2.05) is 0 Å². The summed E-state index contributed by atoms with van der Waals surface area (Å²) in [6, 6.07) is 0. The first-order valence-corrected chi connectivity index (χ1v) is 12.6. The Hall–Kier alpha value is -1.56. The number of hydrogen-bond acceptors (Lipinski definition) is 13. The summed E-state index contributed by atoms with van der Waals surface area (Å²) >= 11 is 0. The van der Waals surface area contributed by atoms with Gasteiger partial charge in [0.15, 0.2) is 17.4 Å². The van der Waals surface area contributed by atoms with Crippen molar-refractivity contribution >= 4 is 40.6 Å². The summed E-state index contributed by atoms with van der Waals surface area (Å²) in [5.74, 6) is -0.276. The predicted molar refractivity (Wildman–Crippen MR) is 98.3 cm³/mol. The molecule has 0 radical (unpaired) electrons. The topological polar surface area (TPSA) is 299 Å². The van der Waals surface area contributed by atoms with Gasteiger partial charge in [0.05, 0.1) is 12.9 Å². The van der Waals surface area contributed by atoms with E-state index in [0.717, 1.165) is 10.9 Å². The summed E-state index contributed by atoms with van der Waals surface area (Å²) in [7, 11) is -16.8. The molecule has 0 amide bonds. The highest BCUT2D eigenvalue weighted by atomic mass is 31.3. The third kappa shape index (κ3) is 5.67. The fourth-order valence-corrected chi connectivity index (χ4v) is 5.73. The number of anilines is 1. The molecule has 19 nitrogen and oxygen atoms in total. The Labute approximate surface area is 175 Å². The van der Waals surface area contributed by atoms with Crippen molar-refractivity contribution in [1.82, 2.24) is 19.5 Å². The van der Waals surface area contributed by atoms with Gasteiger partial charge in [-0.25, -0.2) is 18.7 Å². The van der Waals surface area contributed by atoms with Gasteiger partial charge in [0, 0.05) is 0 Å². The zero-order valence-corrected chi connectivity index (χ0v) is 18.0. The number of ether oxygens (including phenoxy) is 1. The molecule has 1 saturated heterocycles. The highest BCUT2D eigenvalue weighted by Crippen LogP contribution is 2.66. The molecule has 0 saturated carbocycles. The molecule has 3 heterocycles. The number of aromatic amines is 1. The normalized spacial score (nSPS) is 27.9. The number of nitrogens with one attached hydrogen (secondary N) is 1. The van der Waals surface area contributed by atoms with Crippen LogP contribution in [0.25, 0.3) is 11.2 Å². The van der Waals surface area contributed by atoms with E-state index >= 15 is 0 Å². The molecular weight excluding hydrogens is 507 g/mol. The van der Waals surface area contributed by atoms with Gasteiger partial charge in [-0.05, 0) is 0 Å². The lowest BCUT2D eigenvalue weighted by molar-refractivity contribution is -0.0503. The highest BCUT2D eigenvalue weighted by molar-refractivity contribution is 7.66. The molecule has 0 aliphatic carbocycles. The summed E-state index contributed by atoms with van der Waals surface area (Å²) in [6.45, 7) is -1.01. The van der Waals surface area contributed by atoms with Gasteiger partial charge < -0.3 is 40.3 Å². The van der Waals surface area contributed by atoms with Crippen LogP contribution < -0.4 is 11.3 Å². The maximum Gasteiger partial charge on any atom is 0.490 e. The first-order chi connectivity index (χ1) is 14.6. The first kappa shape index (κ1) is 25.1. The van der Waals surface area contributed by atoms with Crippen molar-refractivity contribution in [2.45, 2.75) is 24.5 Å². The molecular formula is C10H16N5O14P3. The second kappa shape index (κ2) is 8.66. The van der Waals surface area contributed by atoms with E-state index in [-0.39, 0.29) is 17.1 Å². The van der Waals surface area contributed by atoms with Crippen molar-refractivity contribution in [3.05, 3.63) is 16.7 Å². The lowest BCUT2D eigenvalue weighted by Crippen LogP contribution is -2.33. The number of phosphoric acid groups is 3. The smallest absolute Gasteiger partial charge is 0.387 e. The summed E-state index contributed by atoms with van der Waals surface area (Å²) in [6.07, 6.45) is -5.33.